The Bertz CT molecular complexity index is 969. The van der Waals surface area contributed by atoms with Gasteiger partial charge >= 0.3 is 19.8 Å². The fourth-order valence-corrected chi connectivity index (χ4v) is 8.82. The van der Waals surface area contributed by atoms with Gasteiger partial charge in [0.05, 0.1) is 13.2 Å². The SMILES string of the molecule is CCCCCCCCCCCCCCCCCCCCCCCC(=O)OCC(COP(=O)(O)OCCN)OC(=O)CCCCCCCCCCCCCCCCCCCCC. The van der Waals surface area contributed by atoms with Crippen LogP contribution in [-0.2, 0) is 32.7 Å². The topological polar surface area (TPSA) is 134 Å². The first-order valence-corrected chi connectivity index (χ1v) is 28.0. The number of phosphoric acid groups is 1. The monoisotopic (exact) mass is 888 g/mol. The van der Waals surface area contributed by atoms with Gasteiger partial charge in [-0.3, -0.25) is 18.6 Å². The average molecular weight is 888 g/mol. The molecule has 10 heteroatoms. The van der Waals surface area contributed by atoms with Gasteiger partial charge in [-0.1, -0.05) is 258 Å². The third-order valence-corrected chi connectivity index (χ3v) is 13.0. The van der Waals surface area contributed by atoms with Gasteiger partial charge < -0.3 is 20.1 Å². The van der Waals surface area contributed by atoms with Crippen molar-refractivity contribution in [3.8, 4) is 0 Å². The second kappa shape index (κ2) is 48.5. The summed E-state index contributed by atoms with van der Waals surface area (Å²) in [7, 11) is -4.37. The molecule has 0 aromatic carbocycles. The van der Waals surface area contributed by atoms with E-state index in [9.17, 15) is 19.0 Å². The minimum atomic E-state index is -4.37. The lowest BCUT2D eigenvalue weighted by molar-refractivity contribution is -0.161. The molecule has 9 nitrogen and oxygen atoms in total. The highest BCUT2D eigenvalue weighted by Crippen LogP contribution is 2.43. The summed E-state index contributed by atoms with van der Waals surface area (Å²) in [4.78, 5) is 35.1. The van der Waals surface area contributed by atoms with Crippen molar-refractivity contribution in [3.05, 3.63) is 0 Å². The smallest absolute Gasteiger partial charge is 0.462 e. The number of rotatable bonds is 51. The van der Waals surface area contributed by atoms with Gasteiger partial charge in [0.1, 0.15) is 6.61 Å². The first kappa shape index (κ1) is 60.0. The van der Waals surface area contributed by atoms with Crippen molar-refractivity contribution in [2.75, 3.05) is 26.4 Å². The van der Waals surface area contributed by atoms with Gasteiger partial charge in [0.2, 0.25) is 0 Å². The molecule has 0 fully saturated rings. The van der Waals surface area contributed by atoms with Crippen LogP contribution in [0, 0.1) is 0 Å². The van der Waals surface area contributed by atoms with Crippen molar-refractivity contribution < 1.29 is 37.6 Å². The van der Waals surface area contributed by atoms with Crippen LogP contribution in [-0.4, -0.2) is 49.3 Å². The average Bonchev–Trinajstić information content (AvgIpc) is 3.25. The molecule has 0 aliphatic heterocycles. The molecule has 2 atom stereocenters. The minimum absolute atomic E-state index is 0.0584. The van der Waals surface area contributed by atoms with Crippen LogP contribution in [0.1, 0.15) is 284 Å². The van der Waals surface area contributed by atoms with Crippen molar-refractivity contribution in [3.63, 3.8) is 0 Å². The molecule has 0 saturated heterocycles. The van der Waals surface area contributed by atoms with E-state index in [1.807, 2.05) is 0 Å². The van der Waals surface area contributed by atoms with Gasteiger partial charge in [-0.05, 0) is 12.8 Å². The highest BCUT2D eigenvalue weighted by atomic mass is 31.2. The second-order valence-corrected chi connectivity index (χ2v) is 19.6. The van der Waals surface area contributed by atoms with Crippen molar-refractivity contribution >= 4 is 19.8 Å². The lowest BCUT2D eigenvalue weighted by Crippen LogP contribution is -2.29. The maximum atomic E-state index is 12.7. The highest BCUT2D eigenvalue weighted by Gasteiger charge is 2.26. The number of hydrogen-bond acceptors (Lipinski definition) is 8. The largest absolute Gasteiger partial charge is 0.472 e. The van der Waals surface area contributed by atoms with Gasteiger partial charge in [-0.2, -0.15) is 0 Å². The molecule has 0 spiro atoms. The van der Waals surface area contributed by atoms with Crippen LogP contribution in [0.25, 0.3) is 0 Å². The number of esters is 2. The zero-order valence-corrected chi connectivity index (χ0v) is 41.3. The number of hydrogen-bond donors (Lipinski definition) is 2. The number of unbranched alkanes of at least 4 members (excludes halogenated alkanes) is 38. The summed E-state index contributed by atoms with van der Waals surface area (Å²) in [5, 5.41) is 0. The Morgan fingerprint density at radius 2 is 0.705 bits per heavy atom. The number of carbonyl (C=O) groups is 2. The maximum absolute atomic E-state index is 12.7. The number of ether oxygens (including phenoxy) is 2. The number of carbonyl (C=O) groups excluding carboxylic acids is 2. The lowest BCUT2D eigenvalue weighted by Gasteiger charge is -2.19. The summed E-state index contributed by atoms with van der Waals surface area (Å²) in [6.45, 7) is 3.81. The molecule has 2 unspecified atom stereocenters. The fourth-order valence-electron chi connectivity index (χ4n) is 8.05. The van der Waals surface area contributed by atoms with Crippen LogP contribution >= 0.6 is 7.82 Å². The fraction of sp³-hybridized carbons (Fsp3) is 0.961. The zero-order chi connectivity index (χ0) is 44.6. The summed E-state index contributed by atoms with van der Waals surface area (Å²) in [5.41, 5.74) is 5.37. The van der Waals surface area contributed by atoms with E-state index in [0.29, 0.717) is 6.42 Å². The van der Waals surface area contributed by atoms with Crippen molar-refractivity contribution in [2.24, 2.45) is 5.73 Å². The van der Waals surface area contributed by atoms with Gasteiger partial charge in [0, 0.05) is 19.4 Å². The molecule has 3 N–H and O–H groups in total. The standard InChI is InChI=1S/C51H102NO8P/c1-3-5-7-9-11-13-15-17-19-21-23-24-26-27-29-31-33-35-37-39-41-43-50(53)57-47-49(48-59-61(55,56)58-46-45-52)60-51(54)44-42-40-38-36-34-32-30-28-25-22-20-18-16-14-12-10-8-6-4-2/h49H,3-48,52H2,1-2H3,(H,55,56). The molecule has 61 heavy (non-hydrogen) atoms. The maximum Gasteiger partial charge on any atom is 0.472 e. The van der Waals surface area contributed by atoms with Gasteiger partial charge in [-0.25, -0.2) is 4.57 Å². The third kappa shape index (κ3) is 48.3. The number of phosphoric ester groups is 1. The van der Waals surface area contributed by atoms with E-state index >= 15 is 0 Å². The molecule has 0 radical (unpaired) electrons. The first-order valence-electron chi connectivity index (χ1n) is 26.5. The summed E-state index contributed by atoms with van der Waals surface area (Å²) in [6, 6.07) is 0. The lowest BCUT2D eigenvalue weighted by atomic mass is 10.0. The molecule has 0 aromatic heterocycles. The Hall–Kier alpha value is -0.990. The van der Waals surface area contributed by atoms with Crippen LogP contribution < -0.4 is 5.73 Å². The molecule has 0 saturated carbocycles. The van der Waals surface area contributed by atoms with Gasteiger partial charge in [-0.15, -0.1) is 0 Å². The third-order valence-electron chi connectivity index (χ3n) is 12.0. The summed E-state index contributed by atoms with van der Waals surface area (Å²) in [5.74, 6) is -0.805. The molecule has 0 aliphatic carbocycles. The highest BCUT2D eigenvalue weighted by molar-refractivity contribution is 7.47. The molecular weight excluding hydrogens is 786 g/mol. The molecule has 0 bridgehead atoms. The van der Waals surface area contributed by atoms with E-state index in [-0.39, 0.29) is 38.6 Å². The molecule has 0 heterocycles. The Morgan fingerprint density at radius 3 is 1.00 bits per heavy atom. The Morgan fingerprint density at radius 1 is 0.426 bits per heavy atom. The van der Waals surface area contributed by atoms with Crippen LogP contribution in [0.2, 0.25) is 0 Å². The van der Waals surface area contributed by atoms with Crippen molar-refractivity contribution in [2.45, 2.75) is 290 Å². The van der Waals surface area contributed by atoms with Crippen LogP contribution in [0.15, 0.2) is 0 Å². The molecule has 0 aromatic rings. The van der Waals surface area contributed by atoms with E-state index in [2.05, 4.69) is 13.8 Å². The predicted molar refractivity (Wildman–Crippen MR) is 257 cm³/mol. The van der Waals surface area contributed by atoms with Crippen molar-refractivity contribution in [1.29, 1.82) is 0 Å². The van der Waals surface area contributed by atoms with Crippen LogP contribution in [0.4, 0.5) is 0 Å². The van der Waals surface area contributed by atoms with Crippen molar-refractivity contribution in [1.82, 2.24) is 0 Å². The van der Waals surface area contributed by atoms with E-state index < -0.39 is 26.5 Å². The Balaban J connectivity index is 3.96. The summed E-state index contributed by atoms with van der Waals surface area (Å²) in [6.07, 6.45) is 51.4. The first-order chi connectivity index (χ1) is 29.8. The quantitative estimate of drug-likeness (QED) is 0.0348. The predicted octanol–water partition coefficient (Wildman–Crippen LogP) is 16.0. The summed E-state index contributed by atoms with van der Waals surface area (Å²) < 4.78 is 33.0. The van der Waals surface area contributed by atoms with Gasteiger partial charge in [0.15, 0.2) is 6.10 Å². The normalized spacial score (nSPS) is 13.0. The Kier molecular flexibility index (Phi) is 47.7. The van der Waals surface area contributed by atoms with Crippen LogP contribution in [0.3, 0.4) is 0 Å². The molecular formula is C51H102NO8P. The van der Waals surface area contributed by atoms with E-state index in [1.165, 1.54) is 218 Å². The van der Waals surface area contributed by atoms with Gasteiger partial charge in [0.25, 0.3) is 0 Å². The molecule has 0 aliphatic rings. The molecule has 364 valence electrons. The Labute approximate surface area is 377 Å². The van der Waals surface area contributed by atoms with E-state index in [0.717, 1.165) is 32.1 Å². The summed E-state index contributed by atoms with van der Waals surface area (Å²) >= 11 is 0. The zero-order valence-electron chi connectivity index (χ0n) is 40.4. The minimum Gasteiger partial charge on any atom is -0.462 e. The second-order valence-electron chi connectivity index (χ2n) is 18.1. The van der Waals surface area contributed by atoms with Crippen LogP contribution in [0.5, 0.6) is 0 Å². The van der Waals surface area contributed by atoms with E-state index in [1.54, 1.807) is 0 Å². The molecule has 0 rings (SSSR count). The molecule has 0 amide bonds. The van der Waals surface area contributed by atoms with E-state index in [4.69, 9.17) is 24.3 Å². The number of nitrogens with two attached hydrogens (primary N) is 1.